The molecule has 0 bridgehead atoms. The third-order valence-electron chi connectivity index (χ3n) is 3.56. The Labute approximate surface area is 108 Å². The van der Waals surface area contributed by atoms with E-state index < -0.39 is 0 Å². The molecule has 0 amide bonds. The third kappa shape index (κ3) is 2.90. The summed E-state index contributed by atoms with van der Waals surface area (Å²) in [4.78, 5) is 0. The highest BCUT2D eigenvalue weighted by molar-refractivity contribution is 4.98. The van der Waals surface area contributed by atoms with E-state index in [4.69, 9.17) is 4.74 Å². The Hall–Kier alpha value is -0.940. The van der Waals surface area contributed by atoms with E-state index in [1.807, 2.05) is 6.92 Å². The Kier molecular flexibility index (Phi) is 4.72. The lowest BCUT2D eigenvalue weighted by atomic mass is 9.80. The molecule has 18 heavy (non-hydrogen) atoms. The van der Waals surface area contributed by atoms with Gasteiger partial charge in [0.2, 0.25) is 0 Å². The molecule has 1 aromatic rings. The molecule has 0 radical (unpaired) electrons. The molecule has 0 aliphatic heterocycles. The van der Waals surface area contributed by atoms with Crippen LogP contribution in [0.3, 0.4) is 0 Å². The molecule has 1 aromatic heterocycles. The van der Waals surface area contributed by atoms with Crippen LogP contribution in [0.5, 0.6) is 0 Å². The highest BCUT2D eigenvalue weighted by atomic mass is 16.5. The first kappa shape index (κ1) is 13.5. The van der Waals surface area contributed by atoms with Gasteiger partial charge in [0, 0.05) is 19.6 Å². The average Bonchev–Trinajstić information content (AvgIpc) is 2.70. The number of rotatable bonds is 7. The predicted octanol–water partition coefficient (Wildman–Crippen LogP) is 1.54. The molecule has 2 rings (SSSR count). The predicted molar refractivity (Wildman–Crippen MR) is 68.1 cm³/mol. The first-order valence-corrected chi connectivity index (χ1v) is 6.91. The summed E-state index contributed by atoms with van der Waals surface area (Å²) >= 11 is 0. The number of aliphatic hydroxyl groups is 1. The van der Waals surface area contributed by atoms with Gasteiger partial charge in [-0.15, -0.1) is 10.2 Å². The van der Waals surface area contributed by atoms with E-state index in [2.05, 4.69) is 21.7 Å². The fourth-order valence-electron chi connectivity index (χ4n) is 2.59. The van der Waals surface area contributed by atoms with Crippen LogP contribution in [0.15, 0.2) is 0 Å². The van der Waals surface area contributed by atoms with Crippen molar-refractivity contribution in [2.75, 3.05) is 6.61 Å². The van der Waals surface area contributed by atoms with Gasteiger partial charge in [-0.3, -0.25) is 0 Å². The zero-order valence-corrected chi connectivity index (χ0v) is 11.3. The standard InChI is InChI=1S/C13H23N3O2/c1-3-5-16-12(14-15-13(16)9-17)8-10-6-11(7-10)18-4-2/h10-11,17H,3-9H2,1-2H3. The Morgan fingerprint density at radius 3 is 2.61 bits per heavy atom. The summed E-state index contributed by atoms with van der Waals surface area (Å²) < 4.78 is 7.63. The molecule has 1 aliphatic rings. The molecular weight excluding hydrogens is 230 g/mol. The van der Waals surface area contributed by atoms with Crippen LogP contribution in [0.2, 0.25) is 0 Å². The van der Waals surface area contributed by atoms with Gasteiger partial charge < -0.3 is 14.4 Å². The molecule has 1 aliphatic carbocycles. The van der Waals surface area contributed by atoms with Crippen LogP contribution in [0.25, 0.3) is 0 Å². The van der Waals surface area contributed by atoms with Crippen LogP contribution in [0.4, 0.5) is 0 Å². The second-order valence-corrected chi connectivity index (χ2v) is 4.96. The van der Waals surface area contributed by atoms with E-state index in [0.717, 1.165) is 44.7 Å². The monoisotopic (exact) mass is 253 g/mol. The van der Waals surface area contributed by atoms with Gasteiger partial charge in [0.05, 0.1) is 6.10 Å². The summed E-state index contributed by atoms with van der Waals surface area (Å²) in [6.45, 7) is 5.83. The molecular formula is C13H23N3O2. The first-order valence-electron chi connectivity index (χ1n) is 6.91. The van der Waals surface area contributed by atoms with E-state index in [0.29, 0.717) is 17.8 Å². The van der Waals surface area contributed by atoms with Crippen molar-refractivity contribution >= 4 is 0 Å². The van der Waals surface area contributed by atoms with E-state index >= 15 is 0 Å². The smallest absolute Gasteiger partial charge is 0.158 e. The normalized spacial score (nSPS) is 23.1. The van der Waals surface area contributed by atoms with Crippen molar-refractivity contribution in [3.8, 4) is 0 Å². The SMILES string of the molecule is CCCn1c(CO)nnc1CC1CC(OCC)C1. The van der Waals surface area contributed by atoms with Crippen molar-refractivity contribution in [2.45, 2.75) is 58.8 Å². The lowest BCUT2D eigenvalue weighted by molar-refractivity contribution is -0.0247. The van der Waals surface area contributed by atoms with Crippen LogP contribution in [0.1, 0.15) is 44.8 Å². The van der Waals surface area contributed by atoms with E-state index in [1.165, 1.54) is 0 Å². The summed E-state index contributed by atoms with van der Waals surface area (Å²) in [6.07, 6.45) is 4.68. The molecule has 5 nitrogen and oxygen atoms in total. The maximum Gasteiger partial charge on any atom is 0.158 e. The molecule has 0 atom stereocenters. The zero-order valence-electron chi connectivity index (χ0n) is 11.3. The van der Waals surface area contributed by atoms with Gasteiger partial charge in [-0.05, 0) is 32.1 Å². The maximum absolute atomic E-state index is 9.23. The van der Waals surface area contributed by atoms with Crippen LogP contribution < -0.4 is 0 Å². The number of aliphatic hydroxyl groups excluding tert-OH is 1. The van der Waals surface area contributed by atoms with Gasteiger partial charge in [0.25, 0.3) is 0 Å². The molecule has 102 valence electrons. The van der Waals surface area contributed by atoms with Crippen molar-refractivity contribution in [3.63, 3.8) is 0 Å². The van der Waals surface area contributed by atoms with Crippen LogP contribution in [-0.4, -0.2) is 32.6 Å². The van der Waals surface area contributed by atoms with E-state index in [-0.39, 0.29) is 6.61 Å². The summed E-state index contributed by atoms with van der Waals surface area (Å²) in [5, 5.41) is 17.5. The second-order valence-electron chi connectivity index (χ2n) is 4.96. The zero-order chi connectivity index (χ0) is 13.0. The van der Waals surface area contributed by atoms with Gasteiger partial charge in [0.15, 0.2) is 5.82 Å². The number of aromatic nitrogens is 3. The van der Waals surface area contributed by atoms with E-state index in [1.54, 1.807) is 0 Å². The summed E-state index contributed by atoms with van der Waals surface area (Å²) in [5.41, 5.74) is 0. The lowest BCUT2D eigenvalue weighted by Gasteiger charge is -2.34. The van der Waals surface area contributed by atoms with E-state index in [9.17, 15) is 5.11 Å². The largest absolute Gasteiger partial charge is 0.388 e. The maximum atomic E-state index is 9.23. The molecule has 1 heterocycles. The molecule has 0 saturated heterocycles. The summed E-state index contributed by atoms with van der Waals surface area (Å²) in [5.74, 6) is 2.36. The Morgan fingerprint density at radius 1 is 1.28 bits per heavy atom. The average molecular weight is 253 g/mol. The molecule has 0 aromatic carbocycles. The third-order valence-corrected chi connectivity index (χ3v) is 3.56. The highest BCUT2D eigenvalue weighted by Crippen LogP contribution is 2.32. The van der Waals surface area contributed by atoms with Crippen molar-refractivity contribution < 1.29 is 9.84 Å². The minimum atomic E-state index is -0.0285. The Balaban J connectivity index is 1.91. The van der Waals surface area contributed by atoms with Crippen molar-refractivity contribution in [1.82, 2.24) is 14.8 Å². The van der Waals surface area contributed by atoms with Gasteiger partial charge >= 0.3 is 0 Å². The number of ether oxygens (including phenoxy) is 1. The van der Waals surface area contributed by atoms with Crippen LogP contribution in [-0.2, 0) is 24.3 Å². The van der Waals surface area contributed by atoms with Crippen molar-refractivity contribution in [1.29, 1.82) is 0 Å². The van der Waals surface area contributed by atoms with Gasteiger partial charge in [-0.1, -0.05) is 6.92 Å². The topological polar surface area (TPSA) is 60.2 Å². The molecule has 0 spiro atoms. The van der Waals surface area contributed by atoms with Crippen LogP contribution in [0, 0.1) is 5.92 Å². The van der Waals surface area contributed by atoms with Gasteiger partial charge in [-0.25, -0.2) is 0 Å². The first-order chi connectivity index (χ1) is 8.78. The number of hydrogen-bond acceptors (Lipinski definition) is 4. The minimum absolute atomic E-state index is 0.0285. The molecule has 1 fully saturated rings. The fraction of sp³-hybridized carbons (Fsp3) is 0.846. The fourth-order valence-corrected chi connectivity index (χ4v) is 2.59. The Bertz CT molecular complexity index is 372. The van der Waals surface area contributed by atoms with Gasteiger partial charge in [0.1, 0.15) is 12.4 Å². The number of nitrogens with zero attached hydrogens (tertiary/aromatic N) is 3. The van der Waals surface area contributed by atoms with Crippen molar-refractivity contribution in [3.05, 3.63) is 11.6 Å². The van der Waals surface area contributed by atoms with Crippen LogP contribution >= 0.6 is 0 Å². The Morgan fingerprint density at radius 2 is 2.00 bits per heavy atom. The summed E-state index contributed by atoms with van der Waals surface area (Å²) in [6, 6.07) is 0. The minimum Gasteiger partial charge on any atom is -0.388 e. The highest BCUT2D eigenvalue weighted by Gasteiger charge is 2.31. The molecule has 1 N–H and O–H groups in total. The molecule has 5 heteroatoms. The molecule has 1 saturated carbocycles. The second kappa shape index (κ2) is 6.29. The summed E-state index contributed by atoms with van der Waals surface area (Å²) in [7, 11) is 0. The number of hydrogen-bond donors (Lipinski definition) is 1. The lowest BCUT2D eigenvalue weighted by Crippen LogP contribution is -2.33. The van der Waals surface area contributed by atoms with Gasteiger partial charge in [-0.2, -0.15) is 0 Å². The molecule has 0 unspecified atom stereocenters. The van der Waals surface area contributed by atoms with Crippen molar-refractivity contribution in [2.24, 2.45) is 5.92 Å². The quantitative estimate of drug-likeness (QED) is 0.800.